The van der Waals surface area contributed by atoms with Crippen LogP contribution in [0.1, 0.15) is 32.8 Å². The van der Waals surface area contributed by atoms with Crippen LogP contribution in [0.2, 0.25) is 0 Å². The van der Waals surface area contributed by atoms with Gasteiger partial charge in [-0.05, 0) is 43.9 Å². The molecule has 0 saturated heterocycles. The maximum Gasteiger partial charge on any atom is 0.307 e. The number of esters is 1. The molecule has 0 amide bonds. The second-order valence-electron chi connectivity index (χ2n) is 6.33. The van der Waals surface area contributed by atoms with E-state index in [2.05, 4.69) is 54.9 Å². The summed E-state index contributed by atoms with van der Waals surface area (Å²) in [6.07, 6.45) is 2.42. The lowest BCUT2D eigenvalue weighted by molar-refractivity contribution is -0.140. The van der Waals surface area contributed by atoms with E-state index >= 15 is 0 Å². The third kappa shape index (κ3) is 4.33. The Balaban J connectivity index is 2.14. The molecule has 1 aromatic carbocycles. The zero-order chi connectivity index (χ0) is 15.5. The average Bonchev–Trinajstić information content (AvgIpc) is 2.84. The van der Waals surface area contributed by atoms with Crippen molar-refractivity contribution in [3.63, 3.8) is 0 Å². The molecule has 0 aliphatic heterocycles. The molecule has 0 fully saturated rings. The third-order valence-corrected chi connectivity index (χ3v) is 3.45. The van der Waals surface area contributed by atoms with Gasteiger partial charge in [0.15, 0.2) is 0 Å². The molecule has 1 aromatic heterocycles. The number of carbonyl (C=O) groups is 1. The van der Waals surface area contributed by atoms with E-state index in [1.165, 1.54) is 18.1 Å². The molecule has 2 aromatic rings. The van der Waals surface area contributed by atoms with Crippen LogP contribution < -0.4 is 5.32 Å². The molecule has 0 aliphatic rings. The van der Waals surface area contributed by atoms with Crippen molar-refractivity contribution in [1.29, 1.82) is 0 Å². The van der Waals surface area contributed by atoms with Gasteiger partial charge in [-0.25, -0.2) is 0 Å². The molecule has 0 unspecified atom stereocenters. The van der Waals surface area contributed by atoms with Crippen molar-refractivity contribution in [2.24, 2.45) is 0 Å². The minimum atomic E-state index is -0.178. The highest BCUT2D eigenvalue weighted by Gasteiger charge is 2.09. The van der Waals surface area contributed by atoms with Gasteiger partial charge in [-0.3, -0.25) is 4.79 Å². The Morgan fingerprint density at radius 3 is 2.71 bits per heavy atom. The van der Waals surface area contributed by atoms with E-state index in [1.54, 1.807) is 0 Å². The first-order valence-electron chi connectivity index (χ1n) is 7.29. The number of benzene rings is 1. The van der Waals surface area contributed by atoms with Gasteiger partial charge in [-0.15, -0.1) is 0 Å². The lowest BCUT2D eigenvalue weighted by Crippen LogP contribution is -2.35. The number of nitrogens with one attached hydrogen (secondary N) is 1. The fourth-order valence-corrected chi connectivity index (χ4v) is 2.22. The van der Waals surface area contributed by atoms with E-state index in [4.69, 9.17) is 4.74 Å². The monoisotopic (exact) mass is 288 g/mol. The number of aromatic nitrogens is 1. The van der Waals surface area contributed by atoms with Crippen molar-refractivity contribution in [1.82, 2.24) is 9.88 Å². The summed E-state index contributed by atoms with van der Waals surface area (Å²) in [5.74, 6) is -0.178. The van der Waals surface area contributed by atoms with E-state index in [0.29, 0.717) is 13.0 Å². The van der Waals surface area contributed by atoms with Crippen LogP contribution in [-0.4, -0.2) is 23.2 Å². The predicted octanol–water partition coefficient (Wildman–Crippen LogP) is 3.09. The number of methoxy groups -OCH3 is 1. The summed E-state index contributed by atoms with van der Waals surface area (Å²) in [6, 6.07) is 8.54. The minimum Gasteiger partial charge on any atom is -0.469 e. The normalized spacial score (nSPS) is 11.8. The minimum absolute atomic E-state index is 0.0990. The Labute approximate surface area is 126 Å². The summed E-state index contributed by atoms with van der Waals surface area (Å²) in [6.45, 7) is 7.95. The van der Waals surface area contributed by atoms with Crippen LogP contribution in [0.15, 0.2) is 30.5 Å². The smallest absolute Gasteiger partial charge is 0.307 e. The van der Waals surface area contributed by atoms with Crippen molar-refractivity contribution in [2.75, 3.05) is 7.11 Å². The number of carbonyl (C=O) groups excluding carboxylic acids is 1. The summed E-state index contributed by atoms with van der Waals surface area (Å²) in [5, 5.41) is 4.68. The molecular weight excluding hydrogens is 264 g/mol. The molecule has 21 heavy (non-hydrogen) atoms. The first kappa shape index (κ1) is 15.6. The fraction of sp³-hybridized carbons (Fsp3) is 0.471. The van der Waals surface area contributed by atoms with Gasteiger partial charge in [0, 0.05) is 30.3 Å². The van der Waals surface area contributed by atoms with Gasteiger partial charge in [-0.1, -0.05) is 12.1 Å². The molecule has 4 heteroatoms. The highest BCUT2D eigenvalue weighted by Crippen LogP contribution is 2.18. The highest BCUT2D eigenvalue weighted by molar-refractivity contribution is 5.81. The molecule has 0 aliphatic carbocycles. The first-order chi connectivity index (χ1) is 9.89. The van der Waals surface area contributed by atoms with Crippen LogP contribution in [-0.2, 0) is 22.6 Å². The highest BCUT2D eigenvalue weighted by atomic mass is 16.5. The Morgan fingerprint density at radius 2 is 2.05 bits per heavy atom. The van der Waals surface area contributed by atoms with Crippen LogP contribution in [0.4, 0.5) is 0 Å². The zero-order valence-corrected chi connectivity index (χ0v) is 13.3. The second kappa shape index (κ2) is 6.31. The fourth-order valence-electron chi connectivity index (χ4n) is 2.22. The molecule has 0 spiro atoms. The number of hydrogen-bond donors (Lipinski definition) is 1. The Kier molecular flexibility index (Phi) is 4.68. The van der Waals surface area contributed by atoms with Gasteiger partial charge < -0.3 is 14.6 Å². The number of rotatable bonds is 5. The van der Waals surface area contributed by atoms with Gasteiger partial charge in [0.1, 0.15) is 0 Å². The molecule has 0 bridgehead atoms. The predicted molar refractivity (Wildman–Crippen MR) is 85.2 cm³/mol. The van der Waals surface area contributed by atoms with Crippen LogP contribution in [0, 0.1) is 0 Å². The largest absolute Gasteiger partial charge is 0.469 e. The quantitative estimate of drug-likeness (QED) is 0.860. The molecule has 0 atom stereocenters. The number of nitrogens with zero attached hydrogens (tertiary/aromatic N) is 1. The van der Waals surface area contributed by atoms with Crippen LogP contribution >= 0.6 is 0 Å². The maximum absolute atomic E-state index is 11.3. The summed E-state index contributed by atoms with van der Waals surface area (Å²) in [4.78, 5) is 11.3. The third-order valence-electron chi connectivity index (χ3n) is 3.45. The Morgan fingerprint density at radius 1 is 1.29 bits per heavy atom. The van der Waals surface area contributed by atoms with Crippen molar-refractivity contribution >= 4 is 16.9 Å². The summed E-state index contributed by atoms with van der Waals surface area (Å²) in [5.41, 5.74) is 2.50. The van der Waals surface area contributed by atoms with E-state index in [1.807, 2.05) is 6.20 Å². The van der Waals surface area contributed by atoms with Crippen molar-refractivity contribution in [2.45, 2.75) is 45.8 Å². The number of aryl methyl sites for hydroxylation is 1. The van der Waals surface area contributed by atoms with Crippen LogP contribution in [0.3, 0.4) is 0 Å². The number of ether oxygens (including phenoxy) is 1. The summed E-state index contributed by atoms with van der Waals surface area (Å²) < 4.78 is 6.80. The molecule has 1 N–H and O–H groups in total. The van der Waals surface area contributed by atoms with Gasteiger partial charge in [0.05, 0.1) is 13.5 Å². The molecule has 0 saturated carbocycles. The van der Waals surface area contributed by atoms with Crippen LogP contribution in [0.5, 0.6) is 0 Å². The van der Waals surface area contributed by atoms with Gasteiger partial charge >= 0.3 is 5.97 Å². The molecule has 0 radical (unpaired) electrons. The SMILES string of the molecule is COC(=O)CCn1ccc2ccc(CNC(C)(C)C)cc21. The molecular formula is C17H24N2O2. The molecule has 114 valence electrons. The standard InChI is InChI=1S/C17H24N2O2/c1-17(2,3)18-12-13-5-6-14-7-9-19(15(14)11-13)10-8-16(20)21-4/h5-7,9,11,18H,8,10,12H2,1-4H3. The van der Waals surface area contributed by atoms with Gasteiger partial charge in [-0.2, -0.15) is 0 Å². The maximum atomic E-state index is 11.3. The first-order valence-corrected chi connectivity index (χ1v) is 7.29. The molecule has 1 heterocycles. The Bertz CT molecular complexity index is 623. The van der Waals surface area contributed by atoms with Crippen molar-refractivity contribution in [3.8, 4) is 0 Å². The zero-order valence-electron chi connectivity index (χ0n) is 13.3. The van der Waals surface area contributed by atoms with E-state index in [0.717, 1.165) is 12.1 Å². The number of hydrogen-bond acceptors (Lipinski definition) is 3. The Hall–Kier alpha value is -1.81. The molecule has 2 rings (SSSR count). The lowest BCUT2D eigenvalue weighted by atomic mass is 10.1. The second-order valence-corrected chi connectivity index (χ2v) is 6.33. The van der Waals surface area contributed by atoms with Crippen molar-refractivity contribution < 1.29 is 9.53 Å². The summed E-state index contributed by atoms with van der Waals surface area (Å²) >= 11 is 0. The lowest BCUT2D eigenvalue weighted by Gasteiger charge is -2.20. The number of fused-ring (bicyclic) bond motifs is 1. The van der Waals surface area contributed by atoms with E-state index < -0.39 is 0 Å². The summed E-state index contributed by atoms with van der Waals surface area (Å²) in [7, 11) is 1.42. The van der Waals surface area contributed by atoms with E-state index in [-0.39, 0.29) is 11.5 Å². The van der Waals surface area contributed by atoms with Crippen molar-refractivity contribution in [3.05, 3.63) is 36.0 Å². The topological polar surface area (TPSA) is 43.3 Å². The van der Waals surface area contributed by atoms with Gasteiger partial charge in [0.2, 0.25) is 0 Å². The molecule has 4 nitrogen and oxygen atoms in total. The van der Waals surface area contributed by atoms with Gasteiger partial charge in [0.25, 0.3) is 0 Å². The van der Waals surface area contributed by atoms with E-state index in [9.17, 15) is 4.79 Å². The van der Waals surface area contributed by atoms with Crippen LogP contribution in [0.25, 0.3) is 10.9 Å². The average molecular weight is 288 g/mol.